The Morgan fingerprint density at radius 2 is 1.90 bits per heavy atom. The third-order valence-electron chi connectivity index (χ3n) is 6.81. The first-order valence-electron chi connectivity index (χ1n) is 13.3. The number of nitrogens with zero attached hydrogens (tertiary/aromatic N) is 1. The maximum absolute atomic E-state index is 12.5. The number of carbonyl (C=O) groups is 2. The van der Waals surface area contributed by atoms with Crippen LogP contribution >= 0.6 is 0 Å². The van der Waals surface area contributed by atoms with E-state index in [0.29, 0.717) is 24.5 Å². The molecule has 2 aromatic carbocycles. The topological polar surface area (TPSA) is 117 Å². The summed E-state index contributed by atoms with van der Waals surface area (Å²) < 4.78 is 10.6. The van der Waals surface area contributed by atoms with Crippen LogP contribution in [0, 0.1) is 6.92 Å². The third-order valence-corrected chi connectivity index (χ3v) is 6.81. The quantitative estimate of drug-likeness (QED) is 0.126. The summed E-state index contributed by atoms with van der Waals surface area (Å²) in [6, 6.07) is 16.1. The Morgan fingerprint density at radius 3 is 2.60 bits per heavy atom. The minimum Gasteiger partial charge on any atom is -0.457 e. The summed E-state index contributed by atoms with van der Waals surface area (Å²) >= 11 is 0. The number of likely N-dealkylation sites (N-methyl/N-ethyl adjacent to an activating group) is 1. The molecule has 4 N–H and O–H groups in total. The van der Waals surface area contributed by atoms with Gasteiger partial charge in [-0.2, -0.15) is 0 Å². The van der Waals surface area contributed by atoms with Gasteiger partial charge in [-0.05, 0) is 66.6 Å². The molecule has 1 aliphatic heterocycles. The highest BCUT2D eigenvalue weighted by Crippen LogP contribution is 2.39. The van der Waals surface area contributed by atoms with E-state index in [9.17, 15) is 9.59 Å². The predicted molar refractivity (Wildman–Crippen MR) is 157 cm³/mol. The summed E-state index contributed by atoms with van der Waals surface area (Å²) in [5.41, 5.74) is 7.80. The second kappa shape index (κ2) is 12.1. The molecular weight excluding hydrogens is 506 g/mol. The van der Waals surface area contributed by atoms with E-state index in [4.69, 9.17) is 9.47 Å². The van der Waals surface area contributed by atoms with E-state index < -0.39 is 0 Å². The monoisotopic (exact) mass is 539 g/mol. The summed E-state index contributed by atoms with van der Waals surface area (Å²) in [5.74, 6) is -0.585. The first kappa shape index (κ1) is 27.1. The van der Waals surface area contributed by atoms with Crippen LogP contribution in [0.25, 0.3) is 33.4 Å². The van der Waals surface area contributed by atoms with E-state index in [-0.39, 0.29) is 24.4 Å². The van der Waals surface area contributed by atoms with Gasteiger partial charge in [-0.1, -0.05) is 30.8 Å². The molecule has 1 amide bonds. The number of anilines is 2. The maximum Gasteiger partial charge on any atom is 0.310 e. The molecule has 1 saturated heterocycles. The minimum atomic E-state index is -0.308. The Morgan fingerprint density at radius 1 is 1.12 bits per heavy atom. The number of nitrogens with one attached hydrogen (secondary N) is 4. The summed E-state index contributed by atoms with van der Waals surface area (Å²) in [7, 11) is 1.92. The van der Waals surface area contributed by atoms with E-state index in [1.54, 1.807) is 6.20 Å². The number of ether oxygens (including phenoxy) is 2. The van der Waals surface area contributed by atoms with Crippen molar-refractivity contribution in [2.75, 3.05) is 44.0 Å². The van der Waals surface area contributed by atoms with Gasteiger partial charge in [0, 0.05) is 41.6 Å². The van der Waals surface area contributed by atoms with E-state index >= 15 is 0 Å². The molecule has 5 rings (SSSR count). The van der Waals surface area contributed by atoms with E-state index in [1.165, 1.54) is 6.08 Å². The van der Waals surface area contributed by atoms with Crippen molar-refractivity contribution in [3.05, 3.63) is 78.5 Å². The van der Waals surface area contributed by atoms with Crippen molar-refractivity contribution in [3.63, 3.8) is 0 Å². The van der Waals surface area contributed by atoms with Crippen molar-refractivity contribution in [1.82, 2.24) is 15.3 Å². The Hall–Kier alpha value is -4.47. The fraction of sp³-hybridized carbons (Fsp3) is 0.258. The zero-order valence-corrected chi connectivity index (χ0v) is 22.7. The van der Waals surface area contributed by atoms with Gasteiger partial charge in [0.05, 0.1) is 25.3 Å². The second-order valence-electron chi connectivity index (χ2n) is 9.77. The summed E-state index contributed by atoms with van der Waals surface area (Å²) in [6.07, 6.45) is 2.89. The molecule has 0 unspecified atom stereocenters. The van der Waals surface area contributed by atoms with Crippen LogP contribution in [0.4, 0.5) is 11.4 Å². The van der Waals surface area contributed by atoms with Gasteiger partial charge in [0.2, 0.25) is 5.91 Å². The van der Waals surface area contributed by atoms with Crippen LogP contribution in [-0.4, -0.2) is 61.3 Å². The molecule has 0 bridgehead atoms. The highest BCUT2D eigenvalue weighted by atomic mass is 16.6. The number of H-pyrrole nitrogens is 1. The molecule has 1 aliphatic rings. The molecule has 206 valence electrons. The summed E-state index contributed by atoms with van der Waals surface area (Å²) in [6.45, 7) is 8.07. The van der Waals surface area contributed by atoms with E-state index in [2.05, 4.69) is 44.6 Å². The number of aromatic nitrogens is 2. The highest BCUT2D eigenvalue weighted by Gasteiger charge is 2.23. The largest absolute Gasteiger partial charge is 0.457 e. The first-order valence-corrected chi connectivity index (χ1v) is 13.3. The number of hydrogen-bond donors (Lipinski definition) is 4. The Labute approximate surface area is 233 Å². The number of benzene rings is 2. The predicted octanol–water partition coefficient (Wildman–Crippen LogP) is 4.45. The molecule has 0 spiro atoms. The molecule has 2 aromatic heterocycles. The number of hydrogen-bond acceptors (Lipinski definition) is 7. The van der Waals surface area contributed by atoms with Crippen molar-refractivity contribution in [3.8, 4) is 22.4 Å². The van der Waals surface area contributed by atoms with Gasteiger partial charge in [0.1, 0.15) is 11.8 Å². The molecule has 0 saturated carbocycles. The van der Waals surface area contributed by atoms with Crippen molar-refractivity contribution < 1.29 is 19.1 Å². The molecule has 4 aromatic rings. The Balaban J connectivity index is 1.56. The normalized spacial score (nSPS) is 13.1. The third kappa shape index (κ3) is 6.06. The molecule has 40 heavy (non-hydrogen) atoms. The van der Waals surface area contributed by atoms with Crippen LogP contribution < -0.4 is 16.0 Å². The molecule has 0 aliphatic carbocycles. The van der Waals surface area contributed by atoms with Gasteiger partial charge in [0.25, 0.3) is 0 Å². The Kier molecular flexibility index (Phi) is 8.23. The van der Waals surface area contributed by atoms with Crippen LogP contribution in [-0.2, 0) is 25.5 Å². The number of pyridine rings is 1. The zero-order chi connectivity index (χ0) is 28.1. The SMILES string of the molecule is C=CC(=O)Nc1cc(-c2c(-c3ccc(NCCNC)cc3)[nH]c3ncc(CC(=O)OC4COC4)cc23)ccc1C. The van der Waals surface area contributed by atoms with Gasteiger partial charge in [-0.15, -0.1) is 0 Å². The average molecular weight is 540 g/mol. The van der Waals surface area contributed by atoms with Gasteiger partial charge in [0.15, 0.2) is 0 Å². The Bertz CT molecular complexity index is 1540. The lowest BCUT2D eigenvalue weighted by atomic mass is 9.96. The molecule has 0 radical (unpaired) electrons. The van der Waals surface area contributed by atoms with Crippen LogP contribution in [0.15, 0.2) is 67.4 Å². The molecule has 1 fully saturated rings. The summed E-state index contributed by atoms with van der Waals surface area (Å²) in [5, 5.41) is 10.3. The van der Waals surface area contributed by atoms with Crippen LogP contribution in [0.3, 0.4) is 0 Å². The van der Waals surface area contributed by atoms with Crippen molar-refractivity contribution in [1.29, 1.82) is 0 Å². The number of aryl methyl sites for hydroxylation is 1. The number of esters is 1. The molecule has 9 heteroatoms. The van der Waals surface area contributed by atoms with Crippen LogP contribution in [0.5, 0.6) is 0 Å². The zero-order valence-electron chi connectivity index (χ0n) is 22.7. The van der Waals surface area contributed by atoms with Gasteiger partial charge in [-0.25, -0.2) is 4.98 Å². The highest BCUT2D eigenvalue weighted by molar-refractivity contribution is 6.04. The van der Waals surface area contributed by atoms with Crippen molar-refractivity contribution >= 4 is 34.3 Å². The molecular formula is C31H33N5O4. The molecule has 3 heterocycles. The fourth-order valence-electron chi connectivity index (χ4n) is 4.59. The average Bonchev–Trinajstić information content (AvgIpc) is 3.31. The van der Waals surface area contributed by atoms with Gasteiger partial charge >= 0.3 is 5.97 Å². The number of fused-ring (bicyclic) bond motifs is 1. The molecule has 9 nitrogen and oxygen atoms in total. The minimum absolute atomic E-state index is 0.112. The van der Waals surface area contributed by atoms with Crippen molar-refractivity contribution in [2.45, 2.75) is 19.4 Å². The number of amides is 1. The van der Waals surface area contributed by atoms with Gasteiger partial charge < -0.3 is 30.4 Å². The van der Waals surface area contributed by atoms with Crippen LogP contribution in [0.2, 0.25) is 0 Å². The maximum atomic E-state index is 12.5. The number of rotatable bonds is 11. The van der Waals surface area contributed by atoms with Crippen molar-refractivity contribution in [2.24, 2.45) is 0 Å². The first-order chi connectivity index (χ1) is 19.4. The van der Waals surface area contributed by atoms with Gasteiger partial charge in [-0.3, -0.25) is 9.59 Å². The standard InChI is InChI=1S/C31H33N5O4/c1-4-27(37)35-26-15-22(6-5-19(26)2)29-25-13-20(14-28(38)40-24-17-39-18-24)16-34-31(25)36-30(29)21-7-9-23(10-8-21)33-12-11-32-3/h4-10,13,15-16,24,32-33H,1,11-12,14,17-18H2,2-3H3,(H,34,36)(H,35,37). The lowest BCUT2D eigenvalue weighted by Crippen LogP contribution is -2.38. The number of carbonyl (C=O) groups excluding carboxylic acids is 2. The van der Waals surface area contributed by atoms with E-state index in [0.717, 1.165) is 57.7 Å². The molecule has 0 atom stereocenters. The van der Waals surface area contributed by atoms with E-state index in [1.807, 2.05) is 50.4 Å². The lowest BCUT2D eigenvalue weighted by molar-refractivity contribution is -0.171. The smallest absolute Gasteiger partial charge is 0.310 e. The number of aromatic amines is 1. The second-order valence-corrected chi connectivity index (χ2v) is 9.77. The fourth-order valence-corrected chi connectivity index (χ4v) is 4.59. The summed E-state index contributed by atoms with van der Waals surface area (Å²) in [4.78, 5) is 32.8. The lowest BCUT2D eigenvalue weighted by Gasteiger charge is -2.25. The van der Waals surface area contributed by atoms with Crippen LogP contribution in [0.1, 0.15) is 11.1 Å².